The van der Waals surface area contributed by atoms with E-state index in [0.29, 0.717) is 39.8 Å². The molecule has 2 heterocycles. The number of hydrogen-bond donors (Lipinski definition) is 3. The fraction of sp³-hybridized carbons (Fsp3) is 0.727. The van der Waals surface area contributed by atoms with Crippen LogP contribution in [0.15, 0.2) is 4.99 Å². The predicted molar refractivity (Wildman–Crippen MR) is 69.8 cm³/mol. The van der Waals surface area contributed by atoms with Crippen LogP contribution in [-0.4, -0.2) is 82.6 Å². The van der Waals surface area contributed by atoms with Gasteiger partial charge in [-0.15, -0.1) is 0 Å². The van der Waals surface area contributed by atoms with Crippen molar-refractivity contribution in [3.05, 3.63) is 0 Å². The van der Waals surface area contributed by atoms with Crippen molar-refractivity contribution in [2.24, 2.45) is 4.99 Å². The molecule has 9 nitrogen and oxygen atoms in total. The first kappa shape index (κ1) is 14.5. The van der Waals surface area contributed by atoms with Crippen molar-refractivity contribution in [3.8, 4) is 0 Å². The molecule has 0 atom stereocenters. The van der Waals surface area contributed by atoms with Gasteiger partial charge in [0.15, 0.2) is 5.96 Å². The van der Waals surface area contributed by atoms with Crippen molar-refractivity contribution in [1.29, 1.82) is 0 Å². The summed E-state index contributed by atoms with van der Waals surface area (Å²) in [7, 11) is 0. The molecule has 0 aromatic carbocycles. The van der Waals surface area contributed by atoms with Crippen LogP contribution in [0.4, 0.5) is 0 Å². The fourth-order valence-corrected chi connectivity index (χ4v) is 2.17. The SMILES string of the molecule is O=C(O)CCN1CN=C2NCN(CCC(=O)O)CN2C1. The molecule has 0 saturated carbocycles. The Labute approximate surface area is 116 Å². The maximum absolute atomic E-state index is 10.6. The third kappa shape index (κ3) is 4.07. The van der Waals surface area contributed by atoms with Gasteiger partial charge in [0, 0.05) is 13.1 Å². The molecule has 20 heavy (non-hydrogen) atoms. The minimum absolute atomic E-state index is 0.0921. The number of guanidine groups is 1. The number of carboxylic acid groups (broad SMARTS) is 2. The van der Waals surface area contributed by atoms with Crippen molar-refractivity contribution in [2.75, 3.05) is 39.8 Å². The van der Waals surface area contributed by atoms with E-state index in [1.54, 1.807) is 0 Å². The minimum Gasteiger partial charge on any atom is -0.481 e. The molecule has 0 unspecified atom stereocenters. The number of rotatable bonds is 6. The molecule has 1 fully saturated rings. The standard InChI is InChI=1S/C11H19N5O4/c17-9(18)1-3-14-5-12-11-13-6-15(4-2-10(19)20)8-16(11)7-14/h1-8H2,(H,12,13)(H,17,18)(H,19,20). The van der Waals surface area contributed by atoms with Crippen molar-refractivity contribution in [2.45, 2.75) is 12.8 Å². The highest BCUT2D eigenvalue weighted by atomic mass is 16.4. The minimum atomic E-state index is -0.820. The Morgan fingerprint density at radius 3 is 2.35 bits per heavy atom. The van der Waals surface area contributed by atoms with Crippen molar-refractivity contribution < 1.29 is 19.8 Å². The van der Waals surface area contributed by atoms with Crippen molar-refractivity contribution in [3.63, 3.8) is 0 Å². The van der Waals surface area contributed by atoms with Gasteiger partial charge in [0.2, 0.25) is 0 Å². The zero-order valence-corrected chi connectivity index (χ0v) is 11.2. The number of hydrogen-bond acceptors (Lipinski definition) is 7. The summed E-state index contributed by atoms with van der Waals surface area (Å²) in [5, 5.41) is 20.5. The third-order valence-corrected chi connectivity index (χ3v) is 3.21. The van der Waals surface area contributed by atoms with Gasteiger partial charge in [-0.2, -0.15) is 0 Å². The molecule has 0 aliphatic carbocycles. The summed E-state index contributed by atoms with van der Waals surface area (Å²) in [5.41, 5.74) is 0. The number of fused-ring (bicyclic) bond motifs is 1. The lowest BCUT2D eigenvalue weighted by Crippen LogP contribution is -2.61. The summed E-state index contributed by atoms with van der Waals surface area (Å²) in [6.45, 7) is 3.20. The smallest absolute Gasteiger partial charge is 0.304 e. The summed E-state index contributed by atoms with van der Waals surface area (Å²) in [6.07, 6.45) is 0.194. The third-order valence-electron chi connectivity index (χ3n) is 3.21. The van der Waals surface area contributed by atoms with Gasteiger partial charge in [-0.1, -0.05) is 0 Å². The van der Waals surface area contributed by atoms with E-state index >= 15 is 0 Å². The van der Waals surface area contributed by atoms with E-state index in [-0.39, 0.29) is 12.8 Å². The first-order valence-electron chi connectivity index (χ1n) is 6.46. The fourth-order valence-electron chi connectivity index (χ4n) is 2.17. The molecule has 0 bridgehead atoms. The average molecular weight is 285 g/mol. The van der Waals surface area contributed by atoms with Gasteiger partial charge in [-0.05, 0) is 0 Å². The van der Waals surface area contributed by atoms with Crippen LogP contribution >= 0.6 is 0 Å². The highest BCUT2D eigenvalue weighted by Gasteiger charge is 2.26. The maximum Gasteiger partial charge on any atom is 0.304 e. The van der Waals surface area contributed by atoms with Crippen LogP contribution in [0.3, 0.4) is 0 Å². The van der Waals surface area contributed by atoms with Gasteiger partial charge >= 0.3 is 11.9 Å². The number of aliphatic carboxylic acids is 2. The molecule has 2 rings (SSSR count). The van der Waals surface area contributed by atoms with Crippen LogP contribution in [0.5, 0.6) is 0 Å². The number of carboxylic acids is 2. The Morgan fingerprint density at radius 2 is 1.70 bits per heavy atom. The van der Waals surface area contributed by atoms with Gasteiger partial charge in [-0.25, -0.2) is 4.99 Å². The molecule has 0 amide bonds. The van der Waals surface area contributed by atoms with Crippen LogP contribution in [0.25, 0.3) is 0 Å². The molecule has 3 N–H and O–H groups in total. The van der Waals surface area contributed by atoms with Crippen molar-refractivity contribution >= 4 is 17.9 Å². The second-order valence-electron chi connectivity index (χ2n) is 4.86. The lowest BCUT2D eigenvalue weighted by atomic mass is 10.3. The molecule has 1 saturated heterocycles. The zero-order chi connectivity index (χ0) is 14.5. The van der Waals surface area contributed by atoms with Crippen molar-refractivity contribution in [1.82, 2.24) is 20.0 Å². The molecule has 0 aromatic heterocycles. The number of nitrogens with zero attached hydrogens (tertiary/aromatic N) is 4. The summed E-state index contributed by atoms with van der Waals surface area (Å²) < 4.78 is 0. The first-order chi connectivity index (χ1) is 9.54. The molecular formula is C11H19N5O4. The predicted octanol–water partition coefficient (Wildman–Crippen LogP) is -1.36. The second-order valence-corrected chi connectivity index (χ2v) is 4.86. The quantitative estimate of drug-likeness (QED) is 0.549. The molecule has 0 spiro atoms. The van der Waals surface area contributed by atoms with E-state index in [1.807, 2.05) is 14.7 Å². The topological polar surface area (TPSA) is 109 Å². The van der Waals surface area contributed by atoms with E-state index in [1.165, 1.54) is 0 Å². The van der Waals surface area contributed by atoms with E-state index < -0.39 is 11.9 Å². The summed E-state index contributed by atoms with van der Waals surface area (Å²) in [6, 6.07) is 0. The second kappa shape index (κ2) is 6.53. The molecule has 0 aromatic rings. The highest BCUT2D eigenvalue weighted by molar-refractivity contribution is 5.80. The van der Waals surface area contributed by atoms with Crippen LogP contribution in [-0.2, 0) is 9.59 Å². The van der Waals surface area contributed by atoms with Gasteiger partial charge in [0.1, 0.15) is 0 Å². The number of carbonyl (C=O) groups is 2. The maximum atomic E-state index is 10.6. The largest absolute Gasteiger partial charge is 0.481 e. The Kier molecular flexibility index (Phi) is 4.74. The molecule has 2 aliphatic heterocycles. The molecule has 112 valence electrons. The van der Waals surface area contributed by atoms with E-state index in [4.69, 9.17) is 10.2 Å². The van der Waals surface area contributed by atoms with E-state index in [2.05, 4.69) is 10.3 Å². The van der Waals surface area contributed by atoms with Gasteiger partial charge < -0.3 is 20.4 Å². The normalized spacial score (nSPS) is 20.0. The van der Waals surface area contributed by atoms with Gasteiger partial charge in [0.05, 0.1) is 39.5 Å². The molecule has 2 aliphatic rings. The van der Waals surface area contributed by atoms with Crippen LogP contribution < -0.4 is 5.32 Å². The first-order valence-corrected chi connectivity index (χ1v) is 6.46. The number of nitrogens with one attached hydrogen (secondary N) is 1. The highest BCUT2D eigenvalue weighted by Crippen LogP contribution is 2.09. The van der Waals surface area contributed by atoms with Crippen LogP contribution in [0.1, 0.15) is 12.8 Å². The van der Waals surface area contributed by atoms with E-state index in [0.717, 1.165) is 5.96 Å². The Morgan fingerprint density at radius 1 is 1.10 bits per heavy atom. The Bertz CT molecular complexity index is 414. The Hall–Kier alpha value is -1.87. The summed E-state index contributed by atoms with van der Waals surface area (Å²) >= 11 is 0. The average Bonchev–Trinajstić information content (AvgIpc) is 2.42. The summed E-state index contributed by atoms with van der Waals surface area (Å²) in [4.78, 5) is 31.4. The Balaban J connectivity index is 1.83. The van der Waals surface area contributed by atoms with Crippen LogP contribution in [0.2, 0.25) is 0 Å². The monoisotopic (exact) mass is 285 g/mol. The number of aliphatic imine (C=N–C) groups is 1. The van der Waals surface area contributed by atoms with Gasteiger partial charge in [-0.3, -0.25) is 19.4 Å². The van der Waals surface area contributed by atoms with Crippen LogP contribution in [0, 0.1) is 0 Å². The molecular weight excluding hydrogens is 266 g/mol. The van der Waals surface area contributed by atoms with Gasteiger partial charge in [0.25, 0.3) is 0 Å². The molecule has 9 heteroatoms. The van der Waals surface area contributed by atoms with E-state index in [9.17, 15) is 9.59 Å². The summed E-state index contributed by atoms with van der Waals surface area (Å²) in [5.74, 6) is -0.839. The lowest BCUT2D eigenvalue weighted by molar-refractivity contribution is -0.138. The lowest BCUT2D eigenvalue weighted by Gasteiger charge is -2.43. The molecule has 0 radical (unpaired) electrons. The zero-order valence-electron chi connectivity index (χ0n) is 11.2.